The van der Waals surface area contributed by atoms with E-state index in [1.807, 2.05) is 72.8 Å². The summed E-state index contributed by atoms with van der Waals surface area (Å²) in [7, 11) is 0. The first-order valence-corrected chi connectivity index (χ1v) is 12.4. The molecule has 1 aliphatic heterocycles. The van der Waals surface area contributed by atoms with Gasteiger partial charge in [0.25, 0.3) is 0 Å². The van der Waals surface area contributed by atoms with E-state index in [4.69, 9.17) is 0 Å². The van der Waals surface area contributed by atoms with Gasteiger partial charge in [-0.05, 0) is 24.3 Å². The molecule has 1 aliphatic rings. The third-order valence-corrected chi connectivity index (χ3v) is 9.42. The molecule has 0 amide bonds. The van der Waals surface area contributed by atoms with Crippen molar-refractivity contribution in [3.05, 3.63) is 81.6 Å². The second-order valence-electron chi connectivity index (χ2n) is 6.21. The van der Waals surface area contributed by atoms with E-state index >= 15 is 0 Å². The van der Waals surface area contributed by atoms with E-state index in [0.29, 0.717) is 25.2 Å². The highest BCUT2D eigenvalue weighted by Crippen LogP contribution is 2.60. The maximum absolute atomic E-state index is 10.0. The quantitative estimate of drug-likeness (QED) is 0.361. The average molecular weight is 483 g/mol. The van der Waals surface area contributed by atoms with Crippen molar-refractivity contribution in [3.63, 3.8) is 0 Å². The predicted molar refractivity (Wildman–Crippen MR) is 127 cm³/mol. The van der Waals surface area contributed by atoms with Crippen molar-refractivity contribution in [1.82, 2.24) is 0 Å². The lowest BCUT2D eigenvalue weighted by atomic mass is 10.1. The number of hydrogen-bond donors (Lipinski definition) is 0. The second-order valence-corrected chi connectivity index (χ2v) is 10.7. The zero-order valence-corrected chi connectivity index (χ0v) is 19.5. The van der Waals surface area contributed by atoms with Gasteiger partial charge in [0.1, 0.15) is 29.8 Å². The maximum atomic E-state index is 10.0. The number of benzene rings is 3. The standard InChI is InChI=1S/C24H10N4S4/c25-11-15(12-26)24-31-22-20(29-16-7-3-1-4-8-16)18(13-27)19(14-28)21(23(22)32-24)30-17-9-5-2-6-10-17/h1-10H. The van der Waals surface area contributed by atoms with E-state index < -0.39 is 0 Å². The molecule has 0 saturated carbocycles. The summed E-state index contributed by atoms with van der Waals surface area (Å²) in [6, 6.07) is 27.6. The maximum Gasteiger partial charge on any atom is 0.150 e. The number of fused-ring (bicyclic) bond motifs is 1. The van der Waals surface area contributed by atoms with Crippen LogP contribution in [0, 0.1) is 45.3 Å². The van der Waals surface area contributed by atoms with Crippen LogP contribution in [0.3, 0.4) is 0 Å². The Balaban J connectivity index is 1.98. The Hall–Kier alpha value is -3.24. The number of nitrogens with zero attached hydrogens (tertiary/aromatic N) is 4. The summed E-state index contributed by atoms with van der Waals surface area (Å²) in [5, 5.41) is 38.9. The SMILES string of the molecule is N#CC(C#N)=C1Sc2c(Sc3ccccc3)c(C#N)c(C#N)c(Sc3ccccc3)c2S1. The normalized spacial score (nSPS) is 11.6. The largest absolute Gasteiger partial charge is 0.192 e. The monoisotopic (exact) mass is 482 g/mol. The number of hydrogen-bond acceptors (Lipinski definition) is 8. The Labute approximate surface area is 202 Å². The summed E-state index contributed by atoms with van der Waals surface area (Å²) in [6.07, 6.45) is 0. The first-order valence-electron chi connectivity index (χ1n) is 9.10. The van der Waals surface area contributed by atoms with Gasteiger partial charge in [-0.15, -0.1) is 0 Å². The van der Waals surface area contributed by atoms with Gasteiger partial charge in [-0.2, -0.15) is 21.0 Å². The van der Waals surface area contributed by atoms with Gasteiger partial charge in [-0.25, -0.2) is 0 Å². The molecule has 0 N–H and O–H groups in total. The lowest BCUT2D eigenvalue weighted by Gasteiger charge is -2.15. The summed E-state index contributed by atoms with van der Waals surface area (Å²) in [6.45, 7) is 0. The lowest BCUT2D eigenvalue weighted by molar-refractivity contribution is 1.01. The van der Waals surface area contributed by atoms with Crippen molar-refractivity contribution in [2.45, 2.75) is 29.4 Å². The summed E-state index contributed by atoms with van der Waals surface area (Å²) < 4.78 is 0.564. The Kier molecular flexibility index (Phi) is 6.81. The van der Waals surface area contributed by atoms with E-state index in [9.17, 15) is 21.0 Å². The Morgan fingerprint density at radius 3 is 1.38 bits per heavy atom. The molecule has 0 aromatic heterocycles. The molecule has 3 aromatic rings. The number of thioether (sulfide) groups is 2. The molecule has 0 fully saturated rings. The van der Waals surface area contributed by atoms with Gasteiger partial charge in [-0.3, -0.25) is 0 Å². The van der Waals surface area contributed by atoms with Crippen LogP contribution in [0.1, 0.15) is 11.1 Å². The molecule has 0 saturated heterocycles. The van der Waals surface area contributed by atoms with Crippen LogP contribution in [0.25, 0.3) is 0 Å². The van der Waals surface area contributed by atoms with Crippen molar-refractivity contribution < 1.29 is 0 Å². The zero-order chi connectivity index (χ0) is 22.5. The fourth-order valence-corrected chi connectivity index (χ4v) is 7.92. The molecular weight excluding hydrogens is 473 g/mol. The van der Waals surface area contributed by atoms with Gasteiger partial charge in [0.2, 0.25) is 0 Å². The molecule has 4 rings (SSSR count). The van der Waals surface area contributed by atoms with Crippen molar-refractivity contribution in [3.8, 4) is 24.3 Å². The minimum absolute atomic E-state index is 0.0273. The molecule has 150 valence electrons. The van der Waals surface area contributed by atoms with E-state index in [2.05, 4.69) is 12.1 Å². The van der Waals surface area contributed by atoms with E-state index in [1.54, 1.807) is 0 Å². The number of nitriles is 4. The molecule has 0 atom stereocenters. The fraction of sp³-hybridized carbons (Fsp3) is 0. The van der Waals surface area contributed by atoms with Gasteiger partial charge < -0.3 is 0 Å². The number of allylic oxidation sites excluding steroid dienone is 1. The Morgan fingerprint density at radius 1 is 0.625 bits per heavy atom. The van der Waals surface area contributed by atoms with Crippen molar-refractivity contribution >= 4 is 47.0 Å². The molecule has 0 aliphatic carbocycles. The summed E-state index contributed by atoms with van der Waals surface area (Å²) >= 11 is 5.46. The third-order valence-electron chi connectivity index (χ3n) is 4.29. The van der Waals surface area contributed by atoms with Crippen molar-refractivity contribution in [1.29, 1.82) is 21.0 Å². The molecule has 8 heteroatoms. The molecule has 0 spiro atoms. The minimum Gasteiger partial charge on any atom is -0.192 e. The van der Waals surface area contributed by atoms with E-state index in [0.717, 1.165) is 19.6 Å². The molecule has 0 unspecified atom stereocenters. The first-order chi connectivity index (χ1) is 15.7. The lowest BCUT2D eigenvalue weighted by Crippen LogP contribution is -1.96. The second kappa shape index (κ2) is 9.92. The zero-order valence-electron chi connectivity index (χ0n) is 16.2. The highest BCUT2D eigenvalue weighted by molar-refractivity contribution is 8.25. The van der Waals surface area contributed by atoms with Crippen LogP contribution >= 0.6 is 47.0 Å². The van der Waals surface area contributed by atoms with Gasteiger partial charge in [0.05, 0.1) is 15.4 Å². The average Bonchev–Trinajstić information content (AvgIpc) is 3.27. The van der Waals surface area contributed by atoms with Gasteiger partial charge in [0.15, 0.2) is 0 Å². The van der Waals surface area contributed by atoms with Crippen LogP contribution in [0.15, 0.2) is 99.8 Å². The van der Waals surface area contributed by atoms with Gasteiger partial charge in [0, 0.05) is 29.4 Å². The number of rotatable bonds is 4. The smallest absolute Gasteiger partial charge is 0.150 e. The minimum atomic E-state index is 0.0273. The summed E-state index contributed by atoms with van der Waals surface area (Å²) in [5.41, 5.74) is 0.645. The summed E-state index contributed by atoms with van der Waals surface area (Å²) in [5.74, 6) is 0. The Morgan fingerprint density at radius 2 is 1.03 bits per heavy atom. The molecule has 1 heterocycles. The molecule has 32 heavy (non-hydrogen) atoms. The molecule has 0 radical (unpaired) electrons. The van der Waals surface area contributed by atoms with E-state index in [1.165, 1.54) is 47.0 Å². The fourth-order valence-electron chi connectivity index (χ4n) is 2.89. The third kappa shape index (κ3) is 4.23. The van der Waals surface area contributed by atoms with Crippen LogP contribution < -0.4 is 0 Å². The van der Waals surface area contributed by atoms with E-state index in [-0.39, 0.29) is 5.57 Å². The van der Waals surface area contributed by atoms with Crippen LogP contribution in [-0.4, -0.2) is 0 Å². The van der Waals surface area contributed by atoms with Gasteiger partial charge in [-0.1, -0.05) is 83.4 Å². The van der Waals surface area contributed by atoms with Crippen molar-refractivity contribution in [2.24, 2.45) is 0 Å². The van der Waals surface area contributed by atoms with Crippen LogP contribution in [0.4, 0.5) is 0 Å². The molecule has 3 aromatic carbocycles. The molecule has 4 nitrogen and oxygen atoms in total. The summed E-state index contributed by atoms with van der Waals surface area (Å²) in [4.78, 5) is 4.81. The van der Waals surface area contributed by atoms with Crippen LogP contribution in [0.2, 0.25) is 0 Å². The molecular formula is C24H10N4S4. The predicted octanol–water partition coefficient (Wildman–Crippen LogP) is 7.19. The highest BCUT2D eigenvalue weighted by atomic mass is 32.2. The topological polar surface area (TPSA) is 95.2 Å². The van der Waals surface area contributed by atoms with Crippen LogP contribution in [-0.2, 0) is 0 Å². The van der Waals surface area contributed by atoms with Gasteiger partial charge >= 0.3 is 0 Å². The Bertz CT molecular complexity index is 1300. The highest BCUT2D eigenvalue weighted by Gasteiger charge is 2.33. The van der Waals surface area contributed by atoms with Crippen LogP contribution in [0.5, 0.6) is 0 Å². The molecule has 0 bridgehead atoms. The first kappa shape index (κ1) is 22.0. The van der Waals surface area contributed by atoms with Crippen molar-refractivity contribution in [2.75, 3.05) is 0 Å².